The lowest BCUT2D eigenvalue weighted by molar-refractivity contribution is -0.114. The van der Waals surface area contributed by atoms with Crippen LogP contribution in [0.3, 0.4) is 0 Å². The van der Waals surface area contributed by atoms with Gasteiger partial charge in [-0.25, -0.2) is 8.42 Å². The smallest absolute Gasteiger partial charge is 0.243 e. The number of benzene rings is 2. The summed E-state index contributed by atoms with van der Waals surface area (Å²) >= 11 is 5.81. The molecule has 0 saturated heterocycles. The highest BCUT2D eigenvalue weighted by Gasteiger charge is 2.21. The van der Waals surface area contributed by atoms with Gasteiger partial charge in [0.15, 0.2) is 0 Å². The number of hydrogen-bond donors (Lipinski definition) is 2. The largest absolute Gasteiger partial charge is 0.376 e. The van der Waals surface area contributed by atoms with Crippen LogP contribution in [-0.2, 0) is 14.8 Å². The third-order valence-corrected chi connectivity index (χ3v) is 6.09. The summed E-state index contributed by atoms with van der Waals surface area (Å²) in [6, 6.07) is 13.2. The molecule has 0 atom stereocenters. The number of nitrogens with one attached hydrogen (secondary N) is 2. The van der Waals surface area contributed by atoms with E-state index in [0.29, 0.717) is 23.8 Å². The van der Waals surface area contributed by atoms with Crippen LogP contribution in [0.2, 0.25) is 5.02 Å². The highest BCUT2D eigenvalue weighted by atomic mass is 35.5. The van der Waals surface area contributed by atoms with Crippen molar-refractivity contribution in [3.8, 4) is 0 Å². The minimum Gasteiger partial charge on any atom is -0.376 e. The second kappa shape index (κ2) is 9.02. The average Bonchev–Trinajstić information content (AvgIpc) is 2.62. The number of hydrogen-bond acceptors (Lipinski definition) is 4. The molecule has 0 unspecified atom stereocenters. The van der Waals surface area contributed by atoms with Gasteiger partial charge < -0.3 is 10.6 Å². The average molecular weight is 396 g/mol. The number of carbonyl (C=O) groups excluding carboxylic acids is 1. The van der Waals surface area contributed by atoms with Crippen LogP contribution in [0.25, 0.3) is 0 Å². The molecular weight excluding hydrogens is 374 g/mol. The Morgan fingerprint density at radius 3 is 2.04 bits per heavy atom. The van der Waals surface area contributed by atoms with E-state index in [1.165, 1.54) is 16.4 Å². The van der Waals surface area contributed by atoms with Gasteiger partial charge in [-0.05, 0) is 48.5 Å². The molecule has 0 aliphatic rings. The van der Waals surface area contributed by atoms with E-state index in [2.05, 4.69) is 10.6 Å². The van der Waals surface area contributed by atoms with Crippen LogP contribution in [0.1, 0.15) is 13.8 Å². The Balaban J connectivity index is 1.96. The maximum absolute atomic E-state index is 12.4. The van der Waals surface area contributed by atoms with E-state index >= 15 is 0 Å². The molecule has 2 N–H and O–H groups in total. The molecule has 0 heterocycles. The van der Waals surface area contributed by atoms with Crippen molar-refractivity contribution in [2.24, 2.45) is 0 Å². The normalized spacial score (nSPS) is 11.4. The van der Waals surface area contributed by atoms with Crippen molar-refractivity contribution in [3.05, 3.63) is 53.6 Å². The van der Waals surface area contributed by atoms with E-state index in [9.17, 15) is 13.2 Å². The molecule has 0 aliphatic carbocycles. The van der Waals surface area contributed by atoms with Crippen molar-refractivity contribution >= 4 is 38.9 Å². The molecule has 0 aliphatic heterocycles. The SMILES string of the molecule is CCN(CC)S(=O)(=O)c1ccc(NC(=O)CNc2ccc(Cl)cc2)cc1. The topological polar surface area (TPSA) is 78.5 Å². The molecule has 0 saturated carbocycles. The summed E-state index contributed by atoms with van der Waals surface area (Å²) in [4.78, 5) is 12.2. The molecule has 6 nitrogen and oxygen atoms in total. The third-order valence-electron chi connectivity index (χ3n) is 3.78. The lowest BCUT2D eigenvalue weighted by atomic mass is 10.3. The molecule has 0 fully saturated rings. The predicted molar refractivity (Wildman–Crippen MR) is 105 cm³/mol. The van der Waals surface area contributed by atoms with E-state index in [1.54, 1.807) is 50.2 Å². The maximum atomic E-state index is 12.4. The van der Waals surface area contributed by atoms with Crippen LogP contribution in [0.15, 0.2) is 53.4 Å². The van der Waals surface area contributed by atoms with Crippen molar-refractivity contribution < 1.29 is 13.2 Å². The second-order valence-electron chi connectivity index (χ2n) is 5.52. The summed E-state index contributed by atoms with van der Waals surface area (Å²) in [6.45, 7) is 4.50. The fourth-order valence-electron chi connectivity index (χ4n) is 2.38. The molecule has 0 radical (unpaired) electrons. The maximum Gasteiger partial charge on any atom is 0.243 e. The number of amides is 1. The van der Waals surface area contributed by atoms with E-state index in [0.717, 1.165) is 5.69 Å². The van der Waals surface area contributed by atoms with Crippen LogP contribution in [0.5, 0.6) is 0 Å². The number of nitrogens with zero attached hydrogens (tertiary/aromatic N) is 1. The van der Waals surface area contributed by atoms with E-state index in [1.807, 2.05) is 0 Å². The summed E-state index contributed by atoms with van der Waals surface area (Å²) < 4.78 is 26.2. The predicted octanol–water partition coefficient (Wildman–Crippen LogP) is 3.42. The zero-order chi connectivity index (χ0) is 19.2. The van der Waals surface area contributed by atoms with Crippen molar-refractivity contribution in [2.45, 2.75) is 18.7 Å². The van der Waals surface area contributed by atoms with Gasteiger partial charge in [0.25, 0.3) is 0 Å². The molecule has 0 bridgehead atoms. The first kappa shape index (κ1) is 20.2. The van der Waals surface area contributed by atoms with Crippen molar-refractivity contribution in [1.29, 1.82) is 0 Å². The molecular formula is C18H22ClN3O3S. The van der Waals surface area contributed by atoms with Gasteiger partial charge in [-0.15, -0.1) is 0 Å². The van der Waals surface area contributed by atoms with Gasteiger partial charge in [0.2, 0.25) is 15.9 Å². The molecule has 1 amide bonds. The van der Waals surface area contributed by atoms with Gasteiger partial charge in [0.05, 0.1) is 11.4 Å². The number of carbonyl (C=O) groups is 1. The van der Waals surface area contributed by atoms with Crippen molar-refractivity contribution in [2.75, 3.05) is 30.3 Å². The van der Waals surface area contributed by atoms with E-state index in [4.69, 9.17) is 11.6 Å². The standard InChI is InChI=1S/C18H22ClN3O3S/c1-3-22(4-2)26(24,25)17-11-9-16(10-12-17)21-18(23)13-20-15-7-5-14(19)6-8-15/h5-12,20H,3-4,13H2,1-2H3,(H,21,23). The lowest BCUT2D eigenvalue weighted by Crippen LogP contribution is -2.30. The summed E-state index contributed by atoms with van der Waals surface area (Å²) in [7, 11) is -3.50. The van der Waals surface area contributed by atoms with Gasteiger partial charge >= 0.3 is 0 Å². The molecule has 2 aromatic carbocycles. The number of sulfonamides is 1. The van der Waals surface area contributed by atoms with Gasteiger partial charge in [-0.3, -0.25) is 4.79 Å². The monoisotopic (exact) mass is 395 g/mol. The zero-order valence-electron chi connectivity index (χ0n) is 14.7. The summed E-state index contributed by atoms with van der Waals surface area (Å²) in [5, 5.41) is 6.33. The second-order valence-corrected chi connectivity index (χ2v) is 7.90. The van der Waals surface area contributed by atoms with Gasteiger partial charge in [0, 0.05) is 29.5 Å². The Bertz CT molecular complexity index is 833. The Morgan fingerprint density at radius 2 is 1.50 bits per heavy atom. The highest BCUT2D eigenvalue weighted by molar-refractivity contribution is 7.89. The molecule has 0 spiro atoms. The minimum absolute atomic E-state index is 0.0845. The first-order valence-electron chi connectivity index (χ1n) is 8.26. The van der Waals surface area contributed by atoms with Gasteiger partial charge in [0.1, 0.15) is 0 Å². The Labute approximate surface area is 159 Å². The van der Waals surface area contributed by atoms with Gasteiger partial charge in [-0.2, -0.15) is 4.31 Å². The summed E-state index contributed by atoms with van der Waals surface area (Å²) in [6.07, 6.45) is 0. The first-order valence-corrected chi connectivity index (χ1v) is 10.1. The van der Waals surface area contributed by atoms with Crippen LogP contribution in [0, 0.1) is 0 Å². The minimum atomic E-state index is -3.50. The molecule has 140 valence electrons. The molecule has 0 aromatic heterocycles. The number of anilines is 2. The molecule has 2 rings (SSSR count). The first-order chi connectivity index (χ1) is 12.4. The summed E-state index contributed by atoms with van der Waals surface area (Å²) in [5.74, 6) is -0.237. The molecule has 8 heteroatoms. The molecule has 2 aromatic rings. The van der Waals surface area contributed by atoms with E-state index in [-0.39, 0.29) is 17.3 Å². The van der Waals surface area contributed by atoms with Crippen LogP contribution in [0.4, 0.5) is 11.4 Å². The number of halogens is 1. The fraction of sp³-hybridized carbons (Fsp3) is 0.278. The van der Waals surface area contributed by atoms with E-state index < -0.39 is 10.0 Å². The van der Waals surface area contributed by atoms with Crippen LogP contribution < -0.4 is 10.6 Å². The van der Waals surface area contributed by atoms with Gasteiger partial charge in [-0.1, -0.05) is 25.4 Å². The van der Waals surface area contributed by atoms with Crippen molar-refractivity contribution in [1.82, 2.24) is 4.31 Å². The summed E-state index contributed by atoms with van der Waals surface area (Å²) in [5.41, 5.74) is 1.32. The van der Waals surface area contributed by atoms with Crippen LogP contribution >= 0.6 is 11.6 Å². The molecule has 26 heavy (non-hydrogen) atoms. The van der Waals surface area contributed by atoms with Crippen LogP contribution in [-0.4, -0.2) is 38.3 Å². The Hall–Kier alpha value is -2.09. The zero-order valence-corrected chi connectivity index (χ0v) is 16.3. The Morgan fingerprint density at radius 1 is 0.962 bits per heavy atom. The third kappa shape index (κ3) is 5.20. The Kier molecular flexibility index (Phi) is 7.02. The fourth-order valence-corrected chi connectivity index (χ4v) is 3.96. The number of rotatable bonds is 8. The highest BCUT2D eigenvalue weighted by Crippen LogP contribution is 2.18. The van der Waals surface area contributed by atoms with Crippen molar-refractivity contribution in [3.63, 3.8) is 0 Å². The lowest BCUT2D eigenvalue weighted by Gasteiger charge is -2.18. The quantitative estimate of drug-likeness (QED) is 0.717.